The maximum Gasteiger partial charge on any atom is 0.179 e. The van der Waals surface area contributed by atoms with E-state index in [0.717, 1.165) is 0 Å². The summed E-state index contributed by atoms with van der Waals surface area (Å²) in [5.41, 5.74) is 0. The third-order valence-electron chi connectivity index (χ3n) is 0. The van der Waals surface area contributed by atoms with E-state index in [9.17, 15) is 0 Å². The zero-order valence-electron chi connectivity index (χ0n) is 8.60. The van der Waals surface area contributed by atoms with Crippen molar-refractivity contribution in [1.29, 1.82) is 0 Å². The summed E-state index contributed by atoms with van der Waals surface area (Å²) < 4.78 is 0. The van der Waals surface area contributed by atoms with Gasteiger partial charge in [0.25, 0.3) is 0 Å². The normalized spacial score (nSPS) is 10.9. The van der Waals surface area contributed by atoms with Crippen LogP contribution in [0, 0.1) is 0 Å². The van der Waals surface area contributed by atoms with Gasteiger partial charge in [0.2, 0.25) is 0 Å². The van der Waals surface area contributed by atoms with Crippen LogP contribution in [0.4, 0.5) is 0 Å². The molecule has 0 bridgehead atoms. The second-order valence-electron chi connectivity index (χ2n) is 4.34. The average molecular weight is 293 g/mol. The van der Waals surface area contributed by atoms with Gasteiger partial charge in [-0.1, -0.05) is 0 Å². The molecular weight excluding hydrogens is 273 g/mol. The minimum Gasteiger partial charge on any atom is -0.433 e. The first-order chi connectivity index (χ1) is 4.00. The smallest absolute Gasteiger partial charge is 0.179 e. The quantitative estimate of drug-likeness (QED) is 0.666. The predicted octanol–water partition coefficient (Wildman–Crippen LogP) is 1.62. The summed E-state index contributed by atoms with van der Waals surface area (Å²) in [7, 11) is -3.22. The van der Waals surface area contributed by atoms with Crippen LogP contribution in [-0.2, 0) is 27.3 Å². The molecule has 0 saturated heterocycles. The SMILES string of the molecule is C[Si](C)(C)O.C[Si](C)(C)O.[Cd]. The summed E-state index contributed by atoms with van der Waals surface area (Å²) >= 11 is 0. The summed E-state index contributed by atoms with van der Waals surface area (Å²) in [6, 6.07) is 0. The first-order valence-electron chi connectivity index (χ1n) is 3.45. The van der Waals surface area contributed by atoms with Crippen LogP contribution in [0.1, 0.15) is 0 Å². The van der Waals surface area contributed by atoms with E-state index in [0.29, 0.717) is 0 Å². The zero-order valence-corrected chi connectivity index (χ0v) is 14.6. The Kier molecular flexibility index (Phi) is 11.1. The van der Waals surface area contributed by atoms with E-state index in [1.54, 1.807) is 0 Å². The van der Waals surface area contributed by atoms with Crippen LogP contribution in [0.3, 0.4) is 0 Å². The summed E-state index contributed by atoms with van der Waals surface area (Å²) in [6.45, 7) is 11.3. The Labute approximate surface area is 92.4 Å². The van der Waals surface area contributed by atoms with Gasteiger partial charge in [-0.15, -0.1) is 0 Å². The Morgan fingerprint density at radius 3 is 0.636 bits per heavy atom. The van der Waals surface area contributed by atoms with Crippen molar-refractivity contribution in [1.82, 2.24) is 0 Å². The Balaban J connectivity index is -0.000000107. The maximum absolute atomic E-state index is 8.66. The Morgan fingerprint density at radius 1 is 0.636 bits per heavy atom. The van der Waals surface area contributed by atoms with Gasteiger partial charge >= 0.3 is 0 Å². The molecule has 0 rings (SSSR count). The second kappa shape index (κ2) is 6.76. The van der Waals surface area contributed by atoms with Crippen LogP contribution >= 0.6 is 0 Å². The molecule has 0 unspecified atom stereocenters. The van der Waals surface area contributed by atoms with Gasteiger partial charge in [0.15, 0.2) is 16.6 Å². The fraction of sp³-hybridized carbons (Fsp3) is 1.00. The molecule has 66 valence electrons. The molecule has 0 saturated carbocycles. The molecule has 0 aromatic carbocycles. The van der Waals surface area contributed by atoms with E-state index < -0.39 is 16.6 Å². The van der Waals surface area contributed by atoms with Crippen molar-refractivity contribution >= 4 is 16.6 Å². The summed E-state index contributed by atoms with van der Waals surface area (Å²) in [6.07, 6.45) is 0. The van der Waals surface area contributed by atoms with Gasteiger partial charge in [0, 0.05) is 27.3 Å². The molecule has 0 heterocycles. The van der Waals surface area contributed by atoms with Crippen LogP contribution < -0.4 is 0 Å². The Morgan fingerprint density at radius 2 is 0.636 bits per heavy atom. The average Bonchev–Trinajstić information content (AvgIpc) is 1.12. The monoisotopic (exact) mass is 294 g/mol. The third kappa shape index (κ3) is 596. The molecule has 0 aliphatic rings. The Hall–Kier alpha value is 1.28. The molecule has 0 atom stereocenters. The first-order valence-corrected chi connectivity index (χ1v) is 10.3. The van der Waals surface area contributed by atoms with Crippen LogP contribution in [-0.4, -0.2) is 26.2 Å². The molecule has 0 aromatic rings. The molecule has 2 N–H and O–H groups in total. The van der Waals surface area contributed by atoms with E-state index in [4.69, 9.17) is 9.59 Å². The van der Waals surface area contributed by atoms with E-state index in [-0.39, 0.29) is 27.3 Å². The number of rotatable bonds is 0. The molecular formula is C6H20CdO2Si2. The third-order valence-corrected chi connectivity index (χ3v) is 0. The Bertz CT molecular complexity index is 61.6. The van der Waals surface area contributed by atoms with Gasteiger partial charge in [-0.25, -0.2) is 0 Å². The molecule has 5 heteroatoms. The topological polar surface area (TPSA) is 40.5 Å². The van der Waals surface area contributed by atoms with Crippen molar-refractivity contribution in [2.45, 2.75) is 39.3 Å². The molecule has 0 aliphatic carbocycles. The first kappa shape index (κ1) is 18.1. The molecule has 0 amide bonds. The number of hydrogen-bond donors (Lipinski definition) is 2. The predicted molar refractivity (Wildman–Crippen MR) is 51.1 cm³/mol. The van der Waals surface area contributed by atoms with Gasteiger partial charge in [0.05, 0.1) is 0 Å². The summed E-state index contributed by atoms with van der Waals surface area (Å²) in [5.74, 6) is 0. The van der Waals surface area contributed by atoms with Crippen LogP contribution in [0.2, 0.25) is 39.3 Å². The van der Waals surface area contributed by atoms with Crippen molar-refractivity contribution < 1.29 is 36.9 Å². The van der Waals surface area contributed by atoms with Crippen LogP contribution in [0.15, 0.2) is 0 Å². The molecule has 0 spiro atoms. The van der Waals surface area contributed by atoms with E-state index in [1.807, 2.05) is 39.3 Å². The largest absolute Gasteiger partial charge is 0.433 e. The maximum atomic E-state index is 8.66. The minimum absolute atomic E-state index is 0. The van der Waals surface area contributed by atoms with Gasteiger partial charge in [0.1, 0.15) is 0 Å². The van der Waals surface area contributed by atoms with Crippen molar-refractivity contribution in [2.24, 2.45) is 0 Å². The van der Waals surface area contributed by atoms with Gasteiger partial charge in [-0.3, -0.25) is 0 Å². The number of hydrogen-bond acceptors (Lipinski definition) is 2. The van der Waals surface area contributed by atoms with Crippen molar-refractivity contribution in [3.63, 3.8) is 0 Å². The van der Waals surface area contributed by atoms with E-state index in [2.05, 4.69) is 0 Å². The van der Waals surface area contributed by atoms with Crippen molar-refractivity contribution in [3.8, 4) is 0 Å². The van der Waals surface area contributed by atoms with Crippen LogP contribution in [0.5, 0.6) is 0 Å². The van der Waals surface area contributed by atoms with Gasteiger partial charge in [-0.05, 0) is 39.3 Å². The molecule has 2 nitrogen and oxygen atoms in total. The van der Waals surface area contributed by atoms with Gasteiger partial charge < -0.3 is 9.59 Å². The molecule has 0 aliphatic heterocycles. The second-order valence-corrected chi connectivity index (χ2v) is 13.0. The van der Waals surface area contributed by atoms with Crippen molar-refractivity contribution in [2.75, 3.05) is 0 Å². The molecule has 0 fully saturated rings. The van der Waals surface area contributed by atoms with E-state index >= 15 is 0 Å². The van der Waals surface area contributed by atoms with Crippen molar-refractivity contribution in [3.05, 3.63) is 0 Å². The summed E-state index contributed by atoms with van der Waals surface area (Å²) in [4.78, 5) is 17.3. The standard InChI is InChI=1S/2C3H10OSi.Cd/c2*1-5(2,3)4;/h2*4H,1-3H3;. The molecule has 11 heavy (non-hydrogen) atoms. The van der Waals surface area contributed by atoms with E-state index in [1.165, 1.54) is 0 Å². The fourth-order valence-corrected chi connectivity index (χ4v) is 0. The molecule has 0 aromatic heterocycles. The van der Waals surface area contributed by atoms with Gasteiger partial charge in [-0.2, -0.15) is 0 Å². The minimum atomic E-state index is -1.61. The fourth-order valence-electron chi connectivity index (χ4n) is 0. The summed E-state index contributed by atoms with van der Waals surface area (Å²) in [5, 5.41) is 0. The molecule has 0 radical (unpaired) electrons. The van der Waals surface area contributed by atoms with Crippen LogP contribution in [0.25, 0.3) is 0 Å². The zero-order chi connectivity index (χ0) is 9.00.